The molecule has 0 aliphatic heterocycles. The van der Waals surface area contributed by atoms with E-state index < -0.39 is 0 Å². The molecule has 3 aromatic rings. The topological polar surface area (TPSA) is 68.1 Å². The first-order chi connectivity index (χ1) is 12.0. The van der Waals surface area contributed by atoms with Gasteiger partial charge in [0.05, 0.1) is 15.4 Å². The van der Waals surface area contributed by atoms with Crippen LogP contribution in [0.4, 0.5) is 0 Å². The van der Waals surface area contributed by atoms with E-state index in [2.05, 4.69) is 10.3 Å². The first-order valence-corrected chi connectivity index (χ1v) is 8.22. The number of benzene rings is 2. The quantitative estimate of drug-likeness (QED) is 0.701. The Kier molecular flexibility index (Phi) is 5.01. The molecule has 0 saturated heterocycles. The van der Waals surface area contributed by atoms with Crippen LogP contribution in [0.1, 0.15) is 5.56 Å². The first-order valence-electron chi connectivity index (χ1n) is 7.46. The molecule has 0 saturated carbocycles. The lowest BCUT2D eigenvalue weighted by atomic mass is 10.2. The van der Waals surface area contributed by atoms with Gasteiger partial charge in [0, 0.05) is 13.6 Å². The third-order valence-electron chi connectivity index (χ3n) is 3.74. The van der Waals surface area contributed by atoms with Gasteiger partial charge in [0.1, 0.15) is 12.1 Å². The summed E-state index contributed by atoms with van der Waals surface area (Å²) in [6.45, 7) is 0.153. The monoisotopic (exact) mass is 376 g/mol. The third kappa shape index (κ3) is 3.81. The Morgan fingerprint density at radius 3 is 2.68 bits per heavy atom. The minimum Gasteiger partial charge on any atom is -0.340 e. The maximum Gasteiger partial charge on any atom is 0.278 e. The Labute approximate surface area is 153 Å². The highest BCUT2D eigenvalue weighted by atomic mass is 35.5. The number of hydrogen-bond donors (Lipinski definition) is 0. The van der Waals surface area contributed by atoms with Crippen molar-refractivity contribution < 1.29 is 4.79 Å². The zero-order valence-corrected chi connectivity index (χ0v) is 14.8. The highest BCUT2D eigenvalue weighted by Crippen LogP contribution is 2.23. The van der Waals surface area contributed by atoms with Crippen molar-refractivity contribution in [2.24, 2.45) is 0 Å². The molecule has 1 amide bonds. The van der Waals surface area contributed by atoms with Crippen molar-refractivity contribution in [1.29, 1.82) is 0 Å². The van der Waals surface area contributed by atoms with Gasteiger partial charge in [0.15, 0.2) is 0 Å². The van der Waals surface area contributed by atoms with Gasteiger partial charge in [-0.3, -0.25) is 9.59 Å². The molecule has 0 radical (unpaired) electrons. The summed E-state index contributed by atoms with van der Waals surface area (Å²) in [6.07, 6.45) is 0. The molecule has 1 aromatic heterocycles. The van der Waals surface area contributed by atoms with Crippen molar-refractivity contribution >= 4 is 40.0 Å². The van der Waals surface area contributed by atoms with E-state index >= 15 is 0 Å². The number of amides is 1. The largest absolute Gasteiger partial charge is 0.340 e. The number of fused-ring (bicyclic) bond motifs is 1. The predicted molar refractivity (Wildman–Crippen MR) is 96.7 cm³/mol. The molecular formula is C17H14Cl2N4O2. The summed E-state index contributed by atoms with van der Waals surface area (Å²) in [5, 5.41) is 9.11. The molecule has 25 heavy (non-hydrogen) atoms. The van der Waals surface area contributed by atoms with E-state index in [0.717, 1.165) is 10.2 Å². The first kappa shape index (κ1) is 17.4. The molecule has 0 aliphatic rings. The van der Waals surface area contributed by atoms with Crippen LogP contribution < -0.4 is 5.56 Å². The Morgan fingerprint density at radius 1 is 1.16 bits per heavy atom. The van der Waals surface area contributed by atoms with Crippen molar-refractivity contribution in [2.75, 3.05) is 7.05 Å². The summed E-state index contributed by atoms with van der Waals surface area (Å²) < 4.78 is 1.07. The summed E-state index contributed by atoms with van der Waals surface area (Å²) in [5.74, 6) is -0.266. The maximum atomic E-state index is 12.4. The van der Waals surface area contributed by atoms with Crippen molar-refractivity contribution in [3.63, 3.8) is 0 Å². The normalized spacial score (nSPS) is 10.8. The van der Waals surface area contributed by atoms with Crippen LogP contribution in [-0.2, 0) is 17.9 Å². The zero-order chi connectivity index (χ0) is 18.0. The molecular weight excluding hydrogens is 363 g/mol. The highest BCUT2D eigenvalue weighted by Gasteiger charge is 2.14. The molecule has 0 N–H and O–H groups in total. The smallest absolute Gasteiger partial charge is 0.278 e. The van der Waals surface area contributed by atoms with Gasteiger partial charge < -0.3 is 4.90 Å². The fraction of sp³-hybridized carbons (Fsp3) is 0.176. The molecule has 3 rings (SSSR count). The van der Waals surface area contributed by atoms with Gasteiger partial charge in [-0.25, -0.2) is 4.68 Å². The molecule has 0 aliphatic carbocycles. The summed E-state index contributed by atoms with van der Waals surface area (Å²) in [5.41, 5.74) is 0.990. The van der Waals surface area contributed by atoms with E-state index in [1.807, 2.05) is 0 Å². The van der Waals surface area contributed by atoms with Crippen LogP contribution in [0.2, 0.25) is 10.0 Å². The lowest BCUT2D eigenvalue weighted by molar-refractivity contribution is -0.131. The number of nitrogens with zero attached hydrogens (tertiary/aromatic N) is 4. The van der Waals surface area contributed by atoms with Gasteiger partial charge in [-0.2, -0.15) is 0 Å². The van der Waals surface area contributed by atoms with E-state index in [4.69, 9.17) is 23.2 Å². The second-order valence-corrected chi connectivity index (χ2v) is 6.38. The van der Waals surface area contributed by atoms with Gasteiger partial charge >= 0.3 is 0 Å². The highest BCUT2D eigenvalue weighted by molar-refractivity contribution is 6.42. The lowest BCUT2D eigenvalue weighted by Gasteiger charge is -2.17. The number of aromatic nitrogens is 3. The molecule has 6 nitrogen and oxygen atoms in total. The summed E-state index contributed by atoms with van der Waals surface area (Å²) >= 11 is 11.9. The van der Waals surface area contributed by atoms with Crippen molar-refractivity contribution in [3.05, 3.63) is 68.4 Å². The van der Waals surface area contributed by atoms with Crippen LogP contribution >= 0.6 is 23.2 Å². The Balaban J connectivity index is 1.76. The minimum absolute atomic E-state index is 0.186. The summed E-state index contributed by atoms with van der Waals surface area (Å²) in [6, 6.07) is 12.1. The van der Waals surface area contributed by atoms with Gasteiger partial charge in [-0.15, -0.1) is 5.10 Å². The molecule has 1 heterocycles. The van der Waals surface area contributed by atoms with Gasteiger partial charge in [-0.05, 0) is 29.8 Å². The van der Waals surface area contributed by atoms with Crippen LogP contribution in [0.5, 0.6) is 0 Å². The van der Waals surface area contributed by atoms with E-state index in [1.165, 1.54) is 4.90 Å². The number of rotatable bonds is 4. The van der Waals surface area contributed by atoms with E-state index in [1.54, 1.807) is 49.5 Å². The molecule has 8 heteroatoms. The minimum atomic E-state index is -0.345. The van der Waals surface area contributed by atoms with Crippen LogP contribution in [-0.4, -0.2) is 32.8 Å². The number of carbonyl (C=O) groups is 1. The predicted octanol–water partition coefficient (Wildman–Crippen LogP) is 2.76. The van der Waals surface area contributed by atoms with Crippen LogP contribution in [0.25, 0.3) is 10.9 Å². The molecule has 0 fully saturated rings. The van der Waals surface area contributed by atoms with E-state index in [9.17, 15) is 9.59 Å². The molecule has 0 unspecified atom stereocenters. The number of likely N-dealkylation sites (N-methyl/N-ethyl adjacent to an activating group) is 1. The number of halogens is 2. The van der Waals surface area contributed by atoms with E-state index in [0.29, 0.717) is 27.5 Å². The SMILES string of the molecule is CN(Cc1ccc(Cl)c(Cl)c1)C(=O)Cn1nnc2ccccc2c1=O. The van der Waals surface area contributed by atoms with Crippen LogP contribution in [0.3, 0.4) is 0 Å². The van der Waals surface area contributed by atoms with Crippen molar-refractivity contribution in [2.45, 2.75) is 13.1 Å². The molecule has 2 aromatic carbocycles. The van der Waals surface area contributed by atoms with Crippen LogP contribution in [0.15, 0.2) is 47.3 Å². The zero-order valence-electron chi connectivity index (χ0n) is 13.3. The Morgan fingerprint density at radius 2 is 1.92 bits per heavy atom. The molecule has 128 valence electrons. The van der Waals surface area contributed by atoms with Crippen molar-refractivity contribution in [1.82, 2.24) is 19.9 Å². The molecule has 0 bridgehead atoms. The average molecular weight is 377 g/mol. The fourth-order valence-corrected chi connectivity index (χ4v) is 2.70. The number of carbonyl (C=O) groups excluding carboxylic acids is 1. The van der Waals surface area contributed by atoms with Gasteiger partial charge in [0.25, 0.3) is 5.56 Å². The van der Waals surface area contributed by atoms with Gasteiger partial charge in [-0.1, -0.05) is 46.6 Å². The Bertz CT molecular complexity index is 1000. The standard InChI is InChI=1S/C17H14Cl2N4O2/c1-22(9-11-6-7-13(18)14(19)8-11)16(24)10-23-17(25)12-4-2-3-5-15(12)20-21-23/h2-8H,9-10H2,1H3. The van der Waals surface area contributed by atoms with E-state index in [-0.39, 0.29) is 18.0 Å². The summed E-state index contributed by atoms with van der Waals surface area (Å²) in [7, 11) is 1.64. The summed E-state index contributed by atoms with van der Waals surface area (Å²) in [4.78, 5) is 26.3. The average Bonchev–Trinajstić information content (AvgIpc) is 2.60. The maximum absolute atomic E-state index is 12.4. The Hall–Kier alpha value is -2.44. The second-order valence-electron chi connectivity index (χ2n) is 5.57. The molecule has 0 atom stereocenters. The van der Waals surface area contributed by atoms with Crippen molar-refractivity contribution in [3.8, 4) is 0 Å². The fourth-order valence-electron chi connectivity index (χ4n) is 2.38. The van der Waals surface area contributed by atoms with Crippen LogP contribution in [0, 0.1) is 0 Å². The second kappa shape index (κ2) is 7.21. The molecule has 0 spiro atoms. The lowest BCUT2D eigenvalue weighted by Crippen LogP contribution is -2.35. The number of hydrogen-bond acceptors (Lipinski definition) is 4. The third-order valence-corrected chi connectivity index (χ3v) is 4.48. The van der Waals surface area contributed by atoms with Gasteiger partial charge in [0.2, 0.25) is 5.91 Å².